The van der Waals surface area contributed by atoms with Crippen molar-refractivity contribution in [1.29, 1.82) is 0 Å². The van der Waals surface area contributed by atoms with Crippen molar-refractivity contribution in [3.8, 4) is 0 Å². The molecule has 0 radical (unpaired) electrons. The van der Waals surface area contributed by atoms with Crippen LogP contribution in [0.15, 0.2) is 72.6 Å². The largest absolute Gasteiger partial charge is 0.475 e. The number of aliphatic hydroxyl groups excluding tert-OH is 1. The highest BCUT2D eigenvalue weighted by Crippen LogP contribution is 2.08. The van der Waals surface area contributed by atoms with Crippen molar-refractivity contribution >= 4 is 5.97 Å². The summed E-state index contributed by atoms with van der Waals surface area (Å²) in [5.41, 5.74) is 1.89. The lowest BCUT2D eigenvalue weighted by molar-refractivity contribution is -0.150. The summed E-state index contributed by atoms with van der Waals surface area (Å²) < 4.78 is 11.0. The molecule has 0 aliphatic heterocycles. The predicted molar refractivity (Wildman–Crippen MR) is 99.8 cm³/mol. The van der Waals surface area contributed by atoms with Gasteiger partial charge < -0.3 is 19.9 Å². The Kier molecular flexibility index (Phi) is 7.71. The van der Waals surface area contributed by atoms with E-state index in [9.17, 15) is 9.90 Å². The van der Waals surface area contributed by atoms with E-state index in [1.165, 1.54) is 6.92 Å². The standard InChI is InChI=1S/C21H25NO4/c1-3-19(25-14-17-10-6-4-7-11-17)22-20(16(2)23)21(24)26-15-18-12-8-5-9-13-18/h3-13,16,20,22-23H,14-15H2,1-2H3/b19-3-/t16-,20+/m1/s1. The summed E-state index contributed by atoms with van der Waals surface area (Å²) in [5, 5.41) is 12.9. The smallest absolute Gasteiger partial charge is 0.331 e. The van der Waals surface area contributed by atoms with Crippen LogP contribution in [0.25, 0.3) is 0 Å². The molecule has 2 aromatic carbocycles. The van der Waals surface area contributed by atoms with Gasteiger partial charge in [-0.15, -0.1) is 0 Å². The average Bonchev–Trinajstić information content (AvgIpc) is 2.67. The third-order valence-electron chi connectivity index (χ3n) is 3.76. The van der Waals surface area contributed by atoms with E-state index < -0.39 is 18.1 Å². The molecule has 0 bridgehead atoms. The maximum absolute atomic E-state index is 12.4. The molecule has 2 rings (SSSR count). The third kappa shape index (κ3) is 6.26. The Morgan fingerprint density at radius 2 is 1.50 bits per heavy atom. The van der Waals surface area contributed by atoms with Gasteiger partial charge in [0.1, 0.15) is 13.2 Å². The first-order valence-electron chi connectivity index (χ1n) is 8.58. The van der Waals surface area contributed by atoms with Crippen molar-refractivity contribution < 1.29 is 19.4 Å². The van der Waals surface area contributed by atoms with Crippen LogP contribution in [0.1, 0.15) is 25.0 Å². The van der Waals surface area contributed by atoms with Gasteiger partial charge in [0.05, 0.1) is 6.10 Å². The molecule has 138 valence electrons. The van der Waals surface area contributed by atoms with E-state index in [2.05, 4.69) is 5.32 Å². The second kappa shape index (κ2) is 10.3. The Morgan fingerprint density at radius 3 is 1.96 bits per heavy atom. The molecule has 0 saturated heterocycles. The number of nitrogens with one attached hydrogen (secondary N) is 1. The Morgan fingerprint density at radius 1 is 1.00 bits per heavy atom. The molecule has 5 heteroatoms. The second-order valence-corrected chi connectivity index (χ2v) is 5.88. The number of ether oxygens (including phenoxy) is 2. The lowest BCUT2D eigenvalue weighted by Gasteiger charge is -2.23. The monoisotopic (exact) mass is 355 g/mol. The highest BCUT2D eigenvalue weighted by Gasteiger charge is 2.26. The van der Waals surface area contributed by atoms with Crippen molar-refractivity contribution in [3.05, 3.63) is 83.7 Å². The summed E-state index contributed by atoms with van der Waals surface area (Å²) in [6.45, 7) is 3.84. The molecule has 0 aliphatic carbocycles. The predicted octanol–water partition coefficient (Wildman–Crippen LogP) is 3.15. The summed E-state index contributed by atoms with van der Waals surface area (Å²) in [4.78, 5) is 12.4. The summed E-state index contributed by atoms with van der Waals surface area (Å²) in [6.07, 6.45) is 0.775. The van der Waals surface area contributed by atoms with Crippen LogP contribution in [0, 0.1) is 0 Å². The van der Waals surface area contributed by atoms with Gasteiger partial charge in [-0.25, -0.2) is 4.79 Å². The van der Waals surface area contributed by atoms with Crippen molar-refractivity contribution in [1.82, 2.24) is 5.32 Å². The van der Waals surface area contributed by atoms with Crippen molar-refractivity contribution in [2.24, 2.45) is 0 Å². The van der Waals surface area contributed by atoms with E-state index >= 15 is 0 Å². The van der Waals surface area contributed by atoms with Gasteiger partial charge in [0, 0.05) is 0 Å². The van der Waals surface area contributed by atoms with E-state index in [4.69, 9.17) is 9.47 Å². The van der Waals surface area contributed by atoms with Crippen LogP contribution in [-0.4, -0.2) is 23.2 Å². The lowest BCUT2D eigenvalue weighted by atomic mass is 10.2. The second-order valence-electron chi connectivity index (χ2n) is 5.88. The highest BCUT2D eigenvalue weighted by molar-refractivity contribution is 5.76. The van der Waals surface area contributed by atoms with Gasteiger partial charge in [-0.1, -0.05) is 60.7 Å². The number of allylic oxidation sites excluding steroid dienone is 1. The molecule has 0 spiro atoms. The fourth-order valence-electron chi connectivity index (χ4n) is 2.29. The van der Waals surface area contributed by atoms with E-state index in [1.807, 2.05) is 60.7 Å². The van der Waals surface area contributed by atoms with Crippen LogP contribution in [0.4, 0.5) is 0 Å². The Bertz CT molecular complexity index is 698. The summed E-state index contributed by atoms with van der Waals surface area (Å²) >= 11 is 0. The highest BCUT2D eigenvalue weighted by atomic mass is 16.5. The van der Waals surface area contributed by atoms with Crippen molar-refractivity contribution in [2.75, 3.05) is 0 Å². The number of hydrogen-bond donors (Lipinski definition) is 2. The molecule has 0 aliphatic rings. The molecule has 0 amide bonds. The van der Waals surface area contributed by atoms with Gasteiger partial charge in [-0.05, 0) is 31.1 Å². The molecule has 2 aromatic rings. The number of benzene rings is 2. The minimum atomic E-state index is -0.937. The SMILES string of the molecule is C/C=C(/N[C@H](C(=O)OCc1ccccc1)[C@@H](C)O)OCc1ccccc1. The number of carbonyl (C=O) groups excluding carboxylic acids is 1. The van der Waals surface area contributed by atoms with E-state index in [-0.39, 0.29) is 6.61 Å². The zero-order chi connectivity index (χ0) is 18.8. The zero-order valence-corrected chi connectivity index (χ0v) is 15.1. The number of esters is 1. The van der Waals surface area contributed by atoms with E-state index in [0.717, 1.165) is 11.1 Å². The molecule has 26 heavy (non-hydrogen) atoms. The molecule has 0 saturated carbocycles. The molecular formula is C21H25NO4. The van der Waals surface area contributed by atoms with Gasteiger partial charge in [0.2, 0.25) is 0 Å². The maximum Gasteiger partial charge on any atom is 0.331 e. The molecule has 0 unspecified atom stereocenters. The number of aliphatic hydroxyl groups is 1. The third-order valence-corrected chi connectivity index (χ3v) is 3.76. The summed E-state index contributed by atoms with van der Waals surface area (Å²) in [6, 6.07) is 18.2. The van der Waals surface area contributed by atoms with Gasteiger partial charge in [-0.2, -0.15) is 0 Å². The van der Waals surface area contributed by atoms with Gasteiger partial charge in [0.15, 0.2) is 11.9 Å². The summed E-state index contributed by atoms with van der Waals surface area (Å²) in [7, 11) is 0. The van der Waals surface area contributed by atoms with Gasteiger partial charge >= 0.3 is 5.97 Å². The first kappa shape index (κ1) is 19.5. The van der Waals surface area contributed by atoms with Crippen LogP contribution >= 0.6 is 0 Å². The minimum Gasteiger partial charge on any atom is -0.475 e. The topological polar surface area (TPSA) is 67.8 Å². The minimum absolute atomic E-state index is 0.153. The fraction of sp³-hybridized carbons (Fsp3) is 0.286. The Balaban J connectivity index is 1.91. The van der Waals surface area contributed by atoms with E-state index in [1.54, 1.807) is 13.0 Å². The quantitative estimate of drug-likeness (QED) is 0.534. The number of carbonyl (C=O) groups is 1. The van der Waals surface area contributed by atoms with Crippen LogP contribution < -0.4 is 5.32 Å². The van der Waals surface area contributed by atoms with E-state index in [0.29, 0.717) is 12.5 Å². The molecule has 2 N–H and O–H groups in total. The molecule has 5 nitrogen and oxygen atoms in total. The summed E-state index contributed by atoms with van der Waals surface area (Å²) in [5.74, 6) is -0.122. The van der Waals surface area contributed by atoms with Crippen molar-refractivity contribution in [3.63, 3.8) is 0 Å². The van der Waals surface area contributed by atoms with Crippen LogP contribution in [0.2, 0.25) is 0 Å². The molecule has 0 fully saturated rings. The number of hydrogen-bond acceptors (Lipinski definition) is 5. The van der Waals surface area contributed by atoms with Crippen LogP contribution in [0.3, 0.4) is 0 Å². The molecule has 0 heterocycles. The first-order chi connectivity index (χ1) is 12.6. The van der Waals surface area contributed by atoms with Gasteiger partial charge in [0.25, 0.3) is 0 Å². The zero-order valence-electron chi connectivity index (χ0n) is 15.1. The van der Waals surface area contributed by atoms with Gasteiger partial charge in [-0.3, -0.25) is 0 Å². The Labute approximate surface area is 154 Å². The van der Waals surface area contributed by atoms with Crippen molar-refractivity contribution in [2.45, 2.75) is 39.2 Å². The van der Waals surface area contributed by atoms with Crippen LogP contribution in [-0.2, 0) is 27.5 Å². The Hall–Kier alpha value is -2.79. The first-order valence-corrected chi connectivity index (χ1v) is 8.58. The number of rotatable bonds is 9. The average molecular weight is 355 g/mol. The van der Waals surface area contributed by atoms with Crippen LogP contribution in [0.5, 0.6) is 0 Å². The molecular weight excluding hydrogens is 330 g/mol. The fourth-order valence-corrected chi connectivity index (χ4v) is 2.29. The molecule has 2 atom stereocenters. The molecule has 0 aromatic heterocycles. The maximum atomic E-state index is 12.4. The lowest BCUT2D eigenvalue weighted by Crippen LogP contribution is -2.45. The normalized spacial score (nSPS) is 13.6.